The fourth-order valence-corrected chi connectivity index (χ4v) is 15.5. The summed E-state index contributed by atoms with van der Waals surface area (Å²) in [4.78, 5) is 13.4. The van der Waals surface area contributed by atoms with Gasteiger partial charge in [0.2, 0.25) is 5.91 Å². The fraction of sp³-hybridized carbons (Fsp3) is 0.944. The van der Waals surface area contributed by atoms with Crippen LogP contribution in [0.5, 0.6) is 0 Å². The predicted octanol–water partition coefficient (Wildman–Crippen LogP) is 22.2. The summed E-state index contributed by atoms with van der Waals surface area (Å²) in [7, 11) is 0. The third-order valence-electron chi connectivity index (χ3n) is 22.7. The van der Waals surface area contributed by atoms with Crippen molar-refractivity contribution in [1.82, 2.24) is 5.32 Å². The topological polar surface area (TPSA) is 228 Å². The van der Waals surface area contributed by atoms with E-state index in [2.05, 4.69) is 43.5 Å². The molecule has 616 valence electrons. The Balaban J connectivity index is 1.54. The highest BCUT2D eigenvalue weighted by atomic mass is 16.7. The predicted molar refractivity (Wildman–Crippen MR) is 434 cm³/mol. The van der Waals surface area contributed by atoms with Gasteiger partial charge in [-0.3, -0.25) is 4.79 Å². The van der Waals surface area contributed by atoms with E-state index in [4.69, 9.17) is 18.9 Å². The second kappa shape index (κ2) is 74.2. The molecule has 2 rings (SSSR count). The van der Waals surface area contributed by atoms with E-state index in [0.717, 1.165) is 57.8 Å². The molecule has 0 bridgehead atoms. The summed E-state index contributed by atoms with van der Waals surface area (Å²) in [5.74, 6) is -0.195. The highest BCUT2D eigenvalue weighted by molar-refractivity contribution is 5.76. The van der Waals surface area contributed by atoms with Gasteiger partial charge in [0.1, 0.15) is 48.8 Å². The van der Waals surface area contributed by atoms with Gasteiger partial charge in [-0.2, -0.15) is 0 Å². The van der Waals surface area contributed by atoms with E-state index >= 15 is 0 Å². The minimum absolute atomic E-state index is 0.195. The van der Waals surface area contributed by atoms with Crippen LogP contribution in [0.25, 0.3) is 0 Å². The third-order valence-corrected chi connectivity index (χ3v) is 22.7. The monoisotopic (exact) mass is 1480 g/mol. The molecule has 0 spiro atoms. The van der Waals surface area contributed by atoms with Crippen LogP contribution in [0.3, 0.4) is 0 Å². The Kier molecular flexibility index (Phi) is 70.3. The van der Waals surface area contributed by atoms with E-state index in [1.165, 1.54) is 366 Å². The van der Waals surface area contributed by atoms with E-state index in [1.807, 2.05) is 0 Å². The largest absolute Gasteiger partial charge is 0.394 e. The van der Waals surface area contributed by atoms with Gasteiger partial charge in [0.15, 0.2) is 12.6 Å². The minimum Gasteiger partial charge on any atom is -0.394 e. The minimum atomic E-state index is -1.78. The number of allylic oxidation sites excluding steroid dienone is 4. The number of hydrogen-bond donors (Lipinski definition) is 9. The Hall–Kier alpha value is -1.53. The molecule has 2 saturated heterocycles. The number of rotatable bonds is 79. The maximum absolute atomic E-state index is 13.4. The molecule has 12 atom stereocenters. The number of aliphatic hydroxyl groups is 8. The molecular weight excluding hydrogens is 1300 g/mol. The van der Waals surface area contributed by atoms with Crippen molar-refractivity contribution in [3.8, 4) is 0 Å². The summed E-state index contributed by atoms with van der Waals surface area (Å²) in [5, 5.41) is 88.1. The van der Waals surface area contributed by atoms with Crippen LogP contribution in [0.2, 0.25) is 0 Å². The van der Waals surface area contributed by atoms with Crippen molar-refractivity contribution < 1.29 is 64.6 Å². The zero-order valence-electron chi connectivity index (χ0n) is 68.1. The SMILES string of the molecule is CCCCCCC/C=C\C/C=C\CCCCCCCCCCCCCCCCCCCCCCCCCCCC(=O)NC(COC1OC(CO)C(OC2OC(CO)C(O)C(O)C2O)C(O)C1O)C(O)CCCCCCCCCCCCCCCCCCCCCCCCCCCCCCCCCCC. The zero-order valence-corrected chi connectivity index (χ0v) is 68.1. The molecule has 2 fully saturated rings. The van der Waals surface area contributed by atoms with Crippen LogP contribution < -0.4 is 5.32 Å². The molecule has 2 heterocycles. The van der Waals surface area contributed by atoms with Crippen molar-refractivity contribution in [3.63, 3.8) is 0 Å². The summed E-state index contributed by atoms with van der Waals surface area (Å²) in [6, 6.07) is -0.828. The first-order chi connectivity index (χ1) is 51.1. The van der Waals surface area contributed by atoms with E-state index in [-0.39, 0.29) is 12.5 Å². The van der Waals surface area contributed by atoms with Crippen molar-refractivity contribution >= 4 is 5.91 Å². The van der Waals surface area contributed by atoms with Gasteiger partial charge in [0.25, 0.3) is 0 Å². The summed E-state index contributed by atoms with van der Waals surface area (Å²) in [6.07, 6.45) is 81.2. The number of hydrogen-bond acceptors (Lipinski definition) is 13. The second-order valence-electron chi connectivity index (χ2n) is 32.4. The highest BCUT2D eigenvalue weighted by Gasteiger charge is 2.51. The van der Waals surface area contributed by atoms with Gasteiger partial charge in [-0.25, -0.2) is 0 Å². The molecule has 2 aliphatic rings. The molecule has 2 aliphatic heterocycles. The molecule has 1 amide bonds. The fourth-order valence-electron chi connectivity index (χ4n) is 15.5. The Morgan fingerprint density at radius 2 is 0.635 bits per heavy atom. The van der Waals surface area contributed by atoms with Gasteiger partial charge in [-0.15, -0.1) is 0 Å². The van der Waals surface area contributed by atoms with Crippen LogP contribution in [0.15, 0.2) is 24.3 Å². The molecular formula is C90H173NO13. The molecule has 0 aromatic heterocycles. The van der Waals surface area contributed by atoms with E-state index in [1.54, 1.807) is 0 Å². The number of ether oxygens (including phenoxy) is 4. The van der Waals surface area contributed by atoms with Crippen LogP contribution in [-0.2, 0) is 23.7 Å². The number of amides is 1. The Morgan fingerprint density at radius 1 is 0.346 bits per heavy atom. The lowest BCUT2D eigenvalue weighted by molar-refractivity contribution is -0.359. The molecule has 0 aliphatic carbocycles. The lowest BCUT2D eigenvalue weighted by Crippen LogP contribution is -2.65. The molecule has 104 heavy (non-hydrogen) atoms. The maximum Gasteiger partial charge on any atom is 0.220 e. The lowest BCUT2D eigenvalue weighted by Gasteiger charge is -2.46. The van der Waals surface area contributed by atoms with Crippen molar-refractivity contribution in [2.75, 3.05) is 19.8 Å². The quantitative estimate of drug-likeness (QED) is 0.0204. The van der Waals surface area contributed by atoms with E-state index in [0.29, 0.717) is 12.8 Å². The molecule has 12 unspecified atom stereocenters. The van der Waals surface area contributed by atoms with Crippen LogP contribution in [-0.4, -0.2) is 140 Å². The number of carbonyl (C=O) groups excluding carboxylic acids is 1. The van der Waals surface area contributed by atoms with Gasteiger partial charge >= 0.3 is 0 Å². The summed E-state index contributed by atoms with van der Waals surface area (Å²) < 4.78 is 23.0. The van der Waals surface area contributed by atoms with Gasteiger partial charge in [-0.05, 0) is 44.9 Å². The van der Waals surface area contributed by atoms with E-state index < -0.39 is 86.8 Å². The standard InChI is InChI=1S/C90H173NO13/c1-3-5-7-9-11-13-15-17-19-21-23-25-27-29-31-33-35-37-38-39-40-42-44-46-48-50-52-54-56-58-60-62-64-66-68-70-72-74-82(95)91-78(77-101-89-87(100)85(98)88(81(76-93)103-89)104-90-86(99)84(97)83(96)80(75-92)102-90)79(94)73-71-69-67-65-63-61-59-57-55-53-51-49-47-45-43-41-36-34-32-30-28-26-24-22-20-18-16-14-12-10-8-6-4-2/h15,17,21,23,78-81,83-90,92-94,96-100H,3-14,16,18-20,22,24-77H2,1-2H3,(H,91,95)/b17-15-,23-21-. The van der Waals surface area contributed by atoms with Gasteiger partial charge in [0, 0.05) is 6.42 Å². The smallest absolute Gasteiger partial charge is 0.220 e. The number of carbonyl (C=O) groups is 1. The Bertz CT molecular complexity index is 1840. The summed E-state index contributed by atoms with van der Waals surface area (Å²) in [5.41, 5.74) is 0. The average Bonchev–Trinajstić information content (AvgIpc) is 0.790. The molecule has 9 N–H and O–H groups in total. The van der Waals surface area contributed by atoms with Crippen molar-refractivity contribution in [1.29, 1.82) is 0 Å². The van der Waals surface area contributed by atoms with Crippen LogP contribution in [0.1, 0.15) is 450 Å². The summed E-state index contributed by atoms with van der Waals surface area (Å²) in [6.45, 7) is 2.94. The molecule has 14 heteroatoms. The first kappa shape index (κ1) is 98.5. The van der Waals surface area contributed by atoms with Gasteiger partial charge in [-0.1, -0.05) is 423 Å². The highest BCUT2D eigenvalue weighted by Crippen LogP contribution is 2.31. The number of unbranched alkanes of at least 4 members (excludes halogenated alkanes) is 62. The number of nitrogens with one attached hydrogen (secondary N) is 1. The maximum atomic E-state index is 13.4. The zero-order chi connectivity index (χ0) is 75.1. The van der Waals surface area contributed by atoms with Crippen LogP contribution >= 0.6 is 0 Å². The lowest BCUT2D eigenvalue weighted by atomic mass is 9.97. The number of aliphatic hydroxyl groups excluding tert-OH is 8. The van der Waals surface area contributed by atoms with Crippen molar-refractivity contribution in [2.24, 2.45) is 0 Å². The third kappa shape index (κ3) is 55.8. The first-order valence-electron chi connectivity index (χ1n) is 45.6. The first-order valence-corrected chi connectivity index (χ1v) is 45.6. The second-order valence-corrected chi connectivity index (χ2v) is 32.4. The normalized spacial score (nSPS) is 21.5. The van der Waals surface area contributed by atoms with Gasteiger partial charge in [0.05, 0.1) is 32.0 Å². The average molecular weight is 1480 g/mol. The Labute approximate surface area is 640 Å². The molecule has 0 aromatic rings. The summed E-state index contributed by atoms with van der Waals surface area (Å²) >= 11 is 0. The van der Waals surface area contributed by atoms with Crippen LogP contribution in [0, 0.1) is 0 Å². The van der Waals surface area contributed by atoms with E-state index in [9.17, 15) is 45.6 Å². The molecule has 0 saturated carbocycles. The van der Waals surface area contributed by atoms with Crippen molar-refractivity contribution in [2.45, 2.75) is 524 Å². The van der Waals surface area contributed by atoms with Gasteiger partial charge < -0.3 is 65.1 Å². The molecule has 0 aromatic carbocycles. The molecule has 14 nitrogen and oxygen atoms in total. The van der Waals surface area contributed by atoms with Crippen molar-refractivity contribution in [3.05, 3.63) is 24.3 Å². The molecule has 0 radical (unpaired) electrons. The van der Waals surface area contributed by atoms with Crippen LogP contribution in [0.4, 0.5) is 0 Å². The Morgan fingerprint density at radius 3 is 0.962 bits per heavy atom.